The lowest BCUT2D eigenvalue weighted by Crippen LogP contribution is -2.22. The van der Waals surface area contributed by atoms with Gasteiger partial charge in [-0.05, 0) is 37.0 Å². The fraction of sp³-hybridized carbons (Fsp3) is 0.938. The van der Waals surface area contributed by atoms with E-state index < -0.39 is 5.97 Å². The molecule has 18 heavy (non-hydrogen) atoms. The fourth-order valence-corrected chi connectivity index (χ4v) is 3.31. The van der Waals surface area contributed by atoms with Crippen molar-refractivity contribution in [2.75, 3.05) is 0 Å². The van der Waals surface area contributed by atoms with Gasteiger partial charge in [-0.25, -0.2) is 0 Å². The monoisotopic (exact) mass is 253 g/mol. The van der Waals surface area contributed by atoms with Crippen LogP contribution in [0.2, 0.25) is 0 Å². The first-order valence-corrected chi connectivity index (χ1v) is 7.90. The van der Waals surface area contributed by atoms with Gasteiger partial charge in [-0.15, -0.1) is 0 Å². The summed E-state index contributed by atoms with van der Waals surface area (Å²) in [5.74, 6) is 0.970. The summed E-state index contributed by atoms with van der Waals surface area (Å²) in [7, 11) is 0. The minimum Gasteiger partial charge on any atom is -0.550 e. The van der Waals surface area contributed by atoms with Crippen LogP contribution in [0.4, 0.5) is 0 Å². The summed E-state index contributed by atoms with van der Waals surface area (Å²) in [6.07, 6.45) is 11.8. The lowest BCUT2D eigenvalue weighted by molar-refractivity contribution is -0.306. The van der Waals surface area contributed by atoms with E-state index in [1.807, 2.05) is 0 Å². The Morgan fingerprint density at radius 3 is 1.83 bits per heavy atom. The van der Waals surface area contributed by atoms with Crippen molar-refractivity contribution in [1.82, 2.24) is 0 Å². The average molecular weight is 253 g/mol. The first-order chi connectivity index (χ1) is 8.70. The van der Waals surface area contributed by atoms with Crippen LogP contribution < -0.4 is 5.11 Å². The summed E-state index contributed by atoms with van der Waals surface area (Å²) in [5, 5.41) is 10.7. The standard InChI is InChI=1S/C16H30O2/c1-3-5-7-9-11-14-13(10-8-6-4-2)15(14)12-16(17)18/h13-15H,3-12H2,1-2H3,(H,17,18)/p-1. The zero-order valence-corrected chi connectivity index (χ0v) is 12.1. The van der Waals surface area contributed by atoms with Crippen LogP contribution in [0.1, 0.15) is 78.1 Å². The number of rotatable bonds is 11. The zero-order valence-electron chi connectivity index (χ0n) is 12.1. The highest BCUT2D eigenvalue weighted by Gasteiger charge is 2.47. The maximum atomic E-state index is 10.7. The van der Waals surface area contributed by atoms with Gasteiger partial charge in [0, 0.05) is 5.97 Å². The summed E-state index contributed by atoms with van der Waals surface area (Å²) in [6.45, 7) is 4.44. The van der Waals surface area contributed by atoms with Gasteiger partial charge in [0.1, 0.15) is 0 Å². The number of carbonyl (C=O) groups excluding carboxylic acids is 1. The van der Waals surface area contributed by atoms with Crippen molar-refractivity contribution in [3.8, 4) is 0 Å². The first-order valence-electron chi connectivity index (χ1n) is 7.90. The molecule has 0 heterocycles. The molecule has 2 nitrogen and oxygen atoms in total. The van der Waals surface area contributed by atoms with Crippen molar-refractivity contribution in [3.63, 3.8) is 0 Å². The lowest BCUT2D eigenvalue weighted by Gasteiger charge is -2.01. The minimum absolute atomic E-state index is 0.301. The normalized spacial score (nSPS) is 26.2. The van der Waals surface area contributed by atoms with E-state index in [9.17, 15) is 9.90 Å². The Kier molecular flexibility index (Phi) is 7.38. The number of carbonyl (C=O) groups is 1. The van der Waals surface area contributed by atoms with E-state index in [1.54, 1.807) is 0 Å². The van der Waals surface area contributed by atoms with Crippen molar-refractivity contribution >= 4 is 5.97 Å². The van der Waals surface area contributed by atoms with E-state index in [0.717, 1.165) is 0 Å². The van der Waals surface area contributed by atoms with Crippen LogP contribution in [-0.4, -0.2) is 5.97 Å². The molecule has 0 aromatic carbocycles. The summed E-state index contributed by atoms with van der Waals surface area (Å²) in [4.78, 5) is 10.7. The van der Waals surface area contributed by atoms with E-state index in [1.165, 1.54) is 57.8 Å². The molecular formula is C16H29O2-. The van der Waals surface area contributed by atoms with Gasteiger partial charge in [0.2, 0.25) is 0 Å². The molecule has 0 N–H and O–H groups in total. The molecule has 1 aliphatic rings. The Morgan fingerprint density at radius 1 is 0.833 bits per heavy atom. The van der Waals surface area contributed by atoms with Gasteiger partial charge in [0.05, 0.1) is 0 Å². The van der Waals surface area contributed by atoms with Gasteiger partial charge >= 0.3 is 0 Å². The highest BCUT2D eigenvalue weighted by molar-refractivity contribution is 5.65. The molecule has 1 rings (SSSR count). The molecule has 1 saturated carbocycles. The second-order valence-electron chi connectivity index (χ2n) is 5.91. The molecular weight excluding hydrogens is 224 g/mol. The molecule has 106 valence electrons. The molecule has 0 aromatic heterocycles. The largest absolute Gasteiger partial charge is 0.550 e. The van der Waals surface area contributed by atoms with Gasteiger partial charge in [-0.2, -0.15) is 0 Å². The third kappa shape index (κ3) is 5.41. The average Bonchev–Trinajstić information content (AvgIpc) is 2.96. The maximum absolute atomic E-state index is 10.7. The Bertz CT molecular complexity index is 237. The third-order valence-electron chi connectivity index (χ3n) is 4.44. The van der Waals surface area contributed by atoms with Gasteiger partial charge in [0.15, 0.2) is 0 Å². The van der Waals surface area contributed by atoms with E-state index >= 15 is 0 Å². The third-order valence-corrected chi connectivity index (χ3v) is 4.44. The number of hydrogen-bond donors (Lipinski definition) is 0. The Labute approximate surface area is 112 Å². The molecule has 3 unspecified atom stereocenters. The van der Waals surface area contributed by atoms with Gasteiger partial charge in [-0.3, -0.25) is 0 Å². The number of unbranched alkanes of at least 4 members (excludes halogenated alkanes) is 5. The lowest BCUT2D eigenvalue weighted by atomic mass is 10.1. The Morgan fingerprint density at radius 2 is 1.33 bits per heavy atom. The summed E-state index contributed by atoms with van der Waals surface area (Å²) in [5.41, 5.74) is 0. The Balaban J connectivity index is 2.22. The number of hydrogen-bond acceptors (Lipinski definition) is 2. The molecule has 2 heteroatoms. The second-order valence-corrected chi connectivity index (χ2v) is 5.91. The molecule has 0 amide bonds. The Hall–Kier alpha value is -0.530. The summed E-state index contributed by atoms with van der Waals surface area (Å²) in [6, 6.07) is 0. The van der Waals surface area contributed by atoms with Crippen LogP contribution in [0.5, 0.6) is 0 Å². The van der Waals surface area contributed by atoms with Gasteiger partial charge in [-0.1, -0.05) is 58.8 Å². The summed E-state index contributed by atoms with van der Waals surface area (Å²) >= 11 is 0. The predicted molar refractivity (Wildman–Crippen MR) is 73.0 cm³/mol. The van der Waals surface area contributed by atoms with Crippen LogP contribution in [-0.2, 0) is 4.79 Å². The highest BCUT2D eigenvalue weighted by atomic mass is 16.4. The molecule has 0 spiro atoms. The number of aliphatic carboxylic acids is 1. The van der Waals surface area contributed by atoms with Crippen molar-refractivity contribution < 1.29 is 9.90 Å². The molecule has 0 saturated heterocycles. The van der Waals surface area contributed by atoms with Crippen molar-refractivity contribution in [2.45, 2.75) is 78.1 Å². The van der Waals surface area contributed by atoms with Gasteiger partial charge < -0.3 is 9.90 Å². The highest BCUT2D eigenvalue weighted by Crippen LogP contribution is 2.54. The van der Waals surface area contributed by atoms with Crippen LogP contribution >= 0.6 is 0 Å². The predicted octanol–water partition coefficient (Wildman–Crippen LogP) is 3.54. The van der Waals surface area contributed by atoms with Crippen molar-refractivity contribution in [1.29, 1.82) is 0 Å². The molecule has 0 bridgehead atoms. The zero-order chi connectivity index (χ0) is 13.4. The van der Waals surface area contributed by atoms with Crippen LogP contribution in [0.3, 0.4) is 0 Å². The first kappa shape index (κ1) is 15.5. The van der Waals surface area contributed by atoms with Crippen molar-refractivity contribution in [3.05, 3.63) is 0 Å². The summed E-state index contributed by atoms with van der Waals surface area (Å²) < 4.78 is 0. The topological polar surface area (TPSA) is 40.1 Å². The quantitative estimate of drug-likeness (QED) is 0.528. The second kappa shape index (κ2) is 8.55. The number of carboxylic acid groups (broad SMARTS) is 1. The molecule has 0 radical (unpaired) electrons. The van der Waals surface area contributed by atoms with Crippen molar-refractivity contribution in [2.24, 2.45) is 17.8 Å². The fourth-order valence-electron chi connectivity index (χ4n) is 3.31. The van der Waals surface area contributed by atoms with Gasteiger partial charge in [0.25, 0.3) is 0 Å². The SMILES string of the molecule is CCCCCCC1C(CCCCC)C1CC(=O)[O-]. The van der Waals surface area contributed by atoms with E-state index in [-0.39, 0.29) is 0 Å². The molecule has 3 atom stereocenters. The smallest absolute Gasteiger partial charge is 0.0417 e. The molecule has 1 aliphatic carbocycles. The molecule has 1 fully saturated rings. The van der Waals surface area contributed by atoms with Crippen LogP contribution in [0.25, 0.3) is 0 Å². The van der Waals surface area contributed by atoms with E-state index in [4.69, 9.17) is 0 Å². The van der Waals surface area contributed by atoms with E-state index in [0.29, 0.717) is 24.2 Å². The minimum atomic E-state index is -0.850. The molecule has 0 aromatic rings. The van der Waals surface area contributed by atoms with Crippen LogP contribution in [0, 0.1) is 17.8 Å². The maximum Gasteiger partial charge on any atom is 0.0417 e. The van der Waals surface area contributed by atoms with E-state index in [2.05, 4.69) is 13.8 Å². The van der Waals surface area contributed by atoms with Crippen LogP contribution in [0.15, 0.2) is 0 Å². The number of carboxylic acids is 1. The molecule has 0 aliphatic heterocycles.